The Kier molecular flexibility index (Phi) is 4.15. The lowest BCUT2D eigenvalue weighted by Crippen LogP contribution is -2.35. The third kappa shape index (κ3) is 3.61. The molecule has 0 aliphatic heterocycles. The Morgan fingerprint density at radius 2 is 2.06 bits per heavy atom. The van der Waals surface area contributed by atoms with Gasteiger partial charge in [0.2, 0.25) is 0 Å². The minimum atomic E-state index is -4.91. The van der Waals surface area contributed by atoms with E-state index in [1.807, 2.05) is 0 Å². The molecule has 0 aliphatic rings. The number of aryl methyl sites for hydroxylation is 1. The van der Waals surface area contributed by atoms with Gasteiger partial charge in [0, 0.05) is 6.07 Å². The lowest BCUT2D eigenvalue weighted by molar-refractivity contribution is -0.198. The molecular formula is C11H10F4O3. The predicted octanol–water partition coefficient (Wildman–Crippen LogP) is 2.78. The minimum absolute atomic E-state index is 0.145. The van der Waals surface area contributed by atoms with Gasteiger partial charge in [0.15, 0.2) is 5.92 Å². The number of carbonyl (C=O) groups is 1. The zero-order valence-corrected chi connectivity index (χ0v) is 9.29. The van der Waals surface area contributed by atoms with Crippen LogP contribution in [0.15, 0.2) is 18.2 Å². The Labute approximate surface area is 100.0 Å². The summed E-state index contributed by atoms with van der Waals surface area (Å²) < 4.78 is 54.6. The van der Waals surface area contributed by atoms with Crippen LogP contribution in [0.1, 0.15) is 5.56 Å². The number of benzene rings is 1. The fourth-order valence-electron chi connectivity index (χ4n) is 1.15. The van der Waals surface area contributed by atoms with Gasteiger partial charge in [0.05, 0.1) is 0 Å². The van der Waals surface area contributed by atoms with Crippen molar-refractivity contribution >= 4 is 5.97 Å². The molecule has 0 saturated carbocycles. The molecule has 0 spiro atoms. The largest absolute Gasteiger partial charge is 0.492 e. The van der Waals surface area contributed by atoms with E-state index in [9.17, 15) is 22.4 Å². The maximum Gasteiger partial charge on any atom is 0.405 e. The van der Waals surface area contributed by atoms with Gasteiger partial charge in [-0.2, -0.15) is 13.2 Å². The topological polar surface area (TPSA) is 46.5 Å². The third-order valence-electron chi connectivity index (χ3n) is 2.25. The van der Waals surface area contributed by atoms with E-state index in [0.29, 0.717) is 5.56 Å². The van der Waals surface area contributed by atoms with E-state index in [0.717, 1.165) is 6.07 Å². The summed E-state index contributed by atoms with van der Waals surface area (Å²) in [6.45, 7) is 0.385. The van der Waals surface area contributed by atoms with E-state index in [-0.39, 0.29) is 5.75 Å². The van der Waals surface area contributed by atoms with Gasteiger partial charge < -0.3 is 9.84 Å². The smallest absolute Gasteiger partial charge is 0.405 e. The lowest BCUT2D eigenvalue weighted by atomic mass is 10.1. The molecule has 0 aliphatic carbocycles. The average molecular weight is 266 g/mol. The van der Waals surface area contributed by atoms with Crippen molar-refractivity contribution in [2.45, 2.75) is 13.1 Å². The molecule has 7 heteroatoms. The second-order valence-corrected chi connectivity index (χ2v) is 3.65. The molecular weight excluding hydrogens is 256 g/mol. The van der Waals surface area contributed by atoms with Gasteiger partial charge in [0.1, 0.15) is 18.2 Å². The molecule has 0 aromatic heterocycles. The molecule has 18 heavy (non-hydrogen) atoms. The number of hydrogen-bond donors (Lipinski definition) is 1. The van der Waals surface area contributed by atoms with Crippen molar-refractivity contribution in [3.05, 3.63) is 29.6 Å². The van der Waals surface area contributed by atoms with Gasteiger partial charge in [-0.05, 0) is 18.6 Å². The van der Waals surface area contributed by atoms with E-state index in [1.54, 1.807) is 0 Å². The van der Waals surface area contributed by atoms with Gasteiger partial charge in [-0.15, -0.1) is 0 Å². The van der Waals surface area contributed by atoms with E-state index in [1.165, 1.54) is 19.1 Å². The quantitative estimate of drug-likeness (QED) is 0.852. The van der Waals surface area contributed by atoms with Crippen LogP contribution in [0.4, 0.5) is 17.6 Å². The van der Waals surface area contributed by atoms with Crippen LogP contribution in [-0.4, -0.2) is 23.9 Å². The number of carboxylic acid groups (broad SMARTS) is 1. The molecule has 0 saturated heterocycles. The van der Waals surface area contributed by atoms with Crippen LogP contribution in [0, 0.1) is 18.7 Å². The average Bonchev–Trinajstić information content (AvgIpc) is 2.21. The van der Waals surface area contributed by atoms with Gasteiger partial charge in [-0.25, -0.2) is 4.39 Å². The number of ether oxygens (including phenoxy) is 1. The summed E-state index contributed by atoms with van der Waals surface area (Å²) in [4.78, 5) is 10.4. The summed E-state index contributed by atoms with van der Waals surface area (Å²) in [6, 6.07) is 3.51. The Morgan fingerprint density at radius 3 is 2.50 bits per heavy atom. The maximum atomic E-state index is 13.1. The van der Waals surface area contributed by atoms with Crippen LogP contribution in [0.3, 0.4) is 0 Å². The molecule has 0 bridgehead atoms. The second-order valence-electron chi connectivity index (χ2n) is 3.65. The van der Waals surface area contributed by atoms with Crippen molar-refractivity contribution in [1.29, 1.82) is 0 Å². The van der Waals surface area contributed by atoms with Crippen LogP contribution in [0.2, 0.25) is 0 Å². The van der Waals surface area contributed by atoms with Crippen LogP contribution in [-0.2, 0) is 4.79 Å². The first-order chi connectivity index (χ1) is 8.21. The van der Waals surface area contributed by atoms with Crippen molar-refractivity contribution in [1.82, 2.24) is 0 Å². The van der Waals surface area contributed by atoms with Gasteiger partial charge in [0.25, 0.3) is 0 Å². The number of carboxylic acids is 1. The highest BCUT2D eigenvalue weighted by molar-refractivity contribution is 5.71. The Balaban J connectivity index is 2.73. The normalized spacial score (nSPS) is 13.2. The highest BCUT2D eigenvalue weighted by atomic mass is 19.4. The number of halogens is 4. The van der Waals surface area contributed by atoms with Crippen LogP contribution in [0.5, 0.6) is 5.75 Å². The standard InChI is InChI=1S/C11H10F4O3/c1-6-2-3-7(4-9(6)12)18-5-8(10(16)17)11(13,14)15/h2-4,8H,5H2,1H3,(H,16,17). The molecule has 0 radical (unpaired) electrons. The fourth-order valence-corrected chi connectivity index (χ4v) is 1.15. The lowest BCUT2D eigenvalue weighted by Gasteiger charge is -2.16. The molecule has 1 N–H and O–H groups in total. The van der Waals surface area contributed by atoms with Crippen LogP contribution < -0.4 is 4.74 Å². The first-order valence-electron chi connectivity index (χ1n) is 4.90. The molecule has 1 rings (SSSR count). The highest BCUT2D eigenvalue weighted by Crippen LogP contribution is 2.27. The predicted molar refractivity (Wildman–Crippen MR) is 53.8 cm³/mol. The first kappa shape index (κ1) is 14.3. The minimum Gasteiger partial charge on any atom is -0.492 e. The SMILES string of the molecule is Cc1ccc(OCC(C(=O)O)C(F)(F)F)cc1F. The monoisotopic (exact) mass is 266 g/mol. The second kappa shape index (κ2) is 5.24. The van der Waals surface area contributed by atoms with Crippen molar-refractivity contribution in [3.8, 4) is 5.75 Å². The summed E-state index contributed by atoms with van der Waals surface area (Å²) in [5.41, 5.74) is 0.313. The molecule has 0 fully saturated rings. The maximum absolute atomic E-state index is 13.1. The van der Waals surface area contributed by atoms with Crippen molar-refractivity contribution in [3.63, 3.8) is 0 Å². The molecule has 1 aromatic rings. The zero-order valence-electron chi connectivity index (χ0n) is 9.29. The third-order valence-corrected chi connectivity index (χ3v) is 2.25. The summed E-state index contributed by atoms with van der Waals surface area (Å²) in [7, 11) is 0. The van der Waals surface area contributed by atoms with E-state index in [4.69, 9.17) is 5.11 Å². The van der Waals surface area contributed by atoms with Crippen molar-refractivity contribution < 1.29 is 32.2 Å². The molecule has 3 nitrogen and oxygen atoms in total. The molecule has 100 valence electrons. The molecule has 0 amide bonds. The van der Waals surface area contributed by atoms with E-state index < -0.39 is 30.5 Å². The van der Waals surface area contributed by atoms with Crippen molar-refractivity contribution in [2.75, 3.05) is 6.61 Å². The Morgan fingerprint density at radius 1 is 1.44 bits per heavy atom. The van der Waals surface area contributed by atoms with E-state index in [2.05, 4.69) is 4.74 Å². The first-order valence-corrected chi connectivity index (χ1v) is 4.90. The fraction of sp³-hybridized carbons (Fsp3) is 0.364. The summed E-state index contributed by atoms with van der Waals surface area (Å²) in [6.07, 6.45) is -4.91. The number of hydrogen-bond acceptors (Lipinski definition) is 2. The van der Waals surface area contributed by atoms with Gasteiger partial charge in [-0.3, -0.25) is 4.79 Å². The zero-order chi connectivity index (χ0) is 13.9. The van der Waals surface area contributed by atoms with Gasteiger partial charge in [-0.1, -0.05) is 6.07 Å². The van der Waals surface area contributed by atoms with Gasteiger partial charge >= 0.3 is 12.1 Å². The van der Waals surface area contributed by atoms with Crippen molar-refractivity contribution in [2.24, 2.45) is 5.92 Å². The summed E-state index contributed by atoms with van der Waals surface area (Å²) >= 11 is 0. The molecule has 0 heterocycles. The van der Waals surface area contributed by atoms with Crippen LogP contribution in [0.25, 0.3) is 0 Å². The van der Waals surface area contributed by atoms with E-state index >= 15 is 0 Å². The number of alkyl halides is 3. The highest BCUT2D eigenvalue weighted by Gasteiger charge is 2.45. The molecule has 1 aromatic carbocycles. The number of aliphatic carboxylic acids is 1. The van der Waals surface area contributed by atoms with Crippen LogP contribution >= 0.6 is 0 Å². The molecule has 1 unspecified atom stereocenters. The summed E-state index contributed by atoms with van der Waals surface area (Å²) in [5, 5.41) is 8.41. The Hall–Kier alpha value is -1.79. The Bertz CT molecular complexity index is 442. The number of rotatable bonds is 4. The molecule has 1 atom stereocenters. The summed E-state index contributed by atoms with van der Waals surface area (Å²) in [5.74, 6) is -5.45.